The molecule has 6 N–H and O–H groups in total. The molecule has 518 valence electrons. The number of likely N-dealkylation sites (N-methyl/N-ethyl adjacent to an activating group) is 3. The lowest BCUT2D eigenvalue weighted by Crippen LogP contribution is -3.00. The summed E-state index contributed by atoms with van der Waals surface area (Å²) >= 11 is 0. The molecule has 0 spiro atoms. The number of amides is 3. The normalized spacial score (nSPS) is 13.6. The standard InChI is InChI=1S/C66H135N6O10P.3ClH/c1-10-13-16-19-22-25-28-31-34-37-40-46-64(76)67-49-43-52-70(4,5)55-61(73)58-80-83(79,81-59-62(74)56-71(6,7)53-44-50-68-65(77)47-41-38-35-32-29-26-23-20-17-14-11-2)82-60-63(75)57-72(8,9)54-45-51-69-66(78)48-42-39-36-33-30-27-24-21-18-15-12-3;;;/h61-63,73-75H,10-60H2,1-9H3;3*1H. The van der Waals surface area contributed by atoms with Gasteiger partial charge in [0.15, 0.2) is 0 Å². The molecule has 0 aliphatic heterocycles. The topological polar surface area (TPSA) is 193 Å². The number of unbranched alkanes of at least 4 members (excludes halogenated alkanes) is 30. The van der Waals surface area contributed by atoms with Crippen LogP contribution in [0.2, 0.25) is 0 Å². The molecule has 0 aromatic heterocycles. The summed E-state index contributed by atoms with van der Waals surface area (Å²) in [6.45, 7) is 10.2. The third-order valence-corrected chi connectivity index (χ3v) is 17.6. The Morgan fingerprint density at radius 2 is 0.523 bits per heavy atom. The van der Waals surface area contributed by atoms with Crippen molar-refractivity contribution in [1.82, 2.24) is 16.0 Å². The first-order chi connectivity index (χ1) is 39.7. The molecule has 3 atom stereocenters. The maximum Gasteiger partial charge on any atom is 0.475 e. The number of phosphoric ester groups is 1. The highest BCUT2D eigenvalue weighted by molar-refractivity contribution is 7.48. The number of aliphatic hydroxyl groups excluding tert-OH is 3. The number of phosphoric acid groups is 1. The average Bonchev–Trinajstić information content (AvgIpc) is 3.65. The lowest BCUT2D eigenvalue weighted by molar-refractivity contribution is -0.893. The van der Waals surface area contributed by atoms with Crippen LogP contribution in [0.3, 0.4) is 0 Å². The van der Waals surface area contributed by atoms with Crippen LogP contribution in [0.25, 0.3) is 0 Å². The van der Waals surface area contributed by atoms with E-state index >= 15 is 0 Å². The molecule has 0 aliphatic rings. The highest BCUT2D eigenvalue weighted by atomic mass is 35.5. The minimum atomic E-state index is -4.41. The number of rotatable bonds is 63. The van der Waals surface area contributed by atoms with Crippen LogP contribution in [0.1, 0.15) is 271 Å². The molecule has 20 heteroatoms. The van der Waals surface area contributed by atoms with Crippen LogP contribution >= 0.6 is 7.82 Å². The van der Waals surface area contributed by atoms with E-state index in [0.717, 1.165) is 57.8 Å². The fourth-order valence-corrected chi connectivity index (χ4v) is 12.4. The minimum Gasteiger partial charge on any atom is -1.00 e. The number of carbonyl (C=O) groups excluding carboxylic acids is 3. The lowest BCUT2D eigenvalue weighted by Gasteiger charge is -2.33. The number of carbonyl (C=O) groups is 3. The molecule has 0 saturated heterocycles. The van der Waals surface area contributed by atoms with Gasteiger partial charge in [-0.3, -0.25) is 28.0 Å². The van der Waals surface area contributed by atoms with Gasteiger partial charge in [0, 0.05) is 58.2 Å². The van der Waals surface area contributed by atoms with Crippen LogP contribution in [0.15, 0.2) is 0 Å². The highest BCUT2D eigenvalue weighted by Gasteiger charge is 2.34. The quantitative estimate of drug-likeness (QED) is 0.0294. The Morgan fingerprint density at radius 1 is 0.337 bits per heavy atom. The Balaban J connectivity index is -0.0000112. The number of nitrogens with one attached hydrogen (secondary N) is 3. The molecule has 3 amide bonds. The van der Waals surface area contributed by atoms with Crippen molar-refractivity contribution in [3.8, 4) is 0 Å². The Kier molecular flexibility index (Phi) is 64.3. The van der Waals surface area contributed by atoms with Crippen molar-refractivity contribution in [2.24, 2.45) is 0 Å². The van der Waals surface area contributed by atoms with E-state index < -0.39 is 26.1 Å². The van der Waals surface area contributed by atoms with Gasteiger partial charge in [-0.2, -0.15) is 0 Å². The second-order valence-corrected chi connectivity index (χ2v) is 28.5. The van der Waals surface area contributed by atoms with Crippen LogP contribution in [0.4, 0.5) is 0 Å². The van der Waals surface area contributed by atoms with Gasteiger partial charge in [0.05, 0.1) is 81.7 Å². The van der Waals surface area contributed by atoms with Gasteiger partial charge in [-0.05, 0) is 19.3 Å². The average molecular weight is 1310 g/mol. The van der Waals surface area contributed by atoms with E-state index in [1.807, 2.05) is 42.3 Å². The first-order valence-corrected chi connectivity index (χ1v) is 36.0. The van der Waals surface area contributed by atoms with Gasteiger partial charge >= 0.3 is 7.82 Å². The molecule has 0 bridgehead atoms. The van der Waals surface area contributed by atoms with Crippen molar-refractivity contribution >= 4 is 25.5 Å². The van der Waals surface area contributed by atoms with Gasteiger partial charge in [-0.15, -0.1) is 0 Å². The molecule has 0 rings (SSSR count). The molecule has 0 saturated carbocycles. The molecule has 0 fully saturated rings. The molecule has 0 aliphatic carbocycles. The van der Waals surface area contributed by atoms with Crippen molar-refractivity contribution in [1.29, 1.82) is 0 Å². The second kappa shape index (κ2) is 60.4. The van der Waals surface area contributed by atoms with Crippen LogP contribution in [0, 0.1) is 0 Å². The number of hydrogen-bond donors (Lipinski definition) is 6. The minimum absolute atomic E-state index is 0. The Hall–Kier alpha value is -0.850. The van der Waals surface area contributed by atoms with Gasteiger partial charge in [-0.1, -0.05) is 213 Å². The molecule has 3 unspecified atom stereocenters. The summed E-state index contributed by atoms with van der Waals surface area (Å²) in [6, 6.07) is 0. The molecule has 0 aromatic carbocycles. The smallest absolute Gasteiger partial charge is 0.475 e. The maximum absolute atomic E-state index is 14.3. The van der Waals surface area contributed by atoms with Crippen LogP contribution in [-0.2, 0) is 32.5 Å². The zero-order valence-corrected chi connectivity index (χ0v) is 60.1. The molecule has 0 radical (unpaired) electrons. The van der Waals surface area contributed by atoms with Crippen molar-refractivity contribution in [2.75, 3.05) is 121 Å². The number of quaternary nitrogens is 3. The summed E-state index contributed by atoms with van der Waals surface area (Å²) in [6.07, 6.45) is 41.7. The van der Waals surface area contributed by atoms with Gasteiger partial charge < -0.3 is 81.9 Å². The summed E-state index contributed by atoms with van der Waals surface area (Å²) < 4.78 is 32.9. The Labute approximate surface area is 547 Å². The van der Waals surface area contributed by atoms with E-state index in [0.29, 0.717) is 72.0 Å². The summed E-state index contributed by atoms with van der Waals surface area (Å²) in [7, 11) is 7.50. The van der Waals surface area contributed by atoms with Crippen LogP contribution in [0.5, 0.6) is 0 Å². The van der Waals surface area contributed by atoms with Crippen molar-refractivity contribution in [3.63, 3.8) is 0 Å². The predicted molar refractivity (Wildman–Crippen MR) is 345 cm³/mol. The Morgan fingerprint density at radius 3 is 0.721 bits per heavy atom. The monoisotopic (exact) mass is 1310 g/mol. The summed E-state index contributed by atoms with van der Waals surface area (Å²) in [5.41, 5.74) is 0. The zero-order valence-electron chi connectivity index (χ0n) is 56.9. The van der Waals surface area contributed by atoms with Gasteiger partial charge in [0.1, 0.15) is 37.9 Å². The maximum atomic E-state index is 14.3. The van der Waals surface area contributed by atoms with Gasteiger partial charge in [0.2, 0.25) is 17.7 Å². The highest BCUT2D eigenvalue weighted by Crippen LogP contribution is 2.50. The number of hydrogen-bond acceptors (Lipinski definition) is 10. The lowest BCUT2D eigenvalue weighted by atomic mass is 10.1. The largest absolute Gasteiger partial charge is 1.00 e. The van der Waals surface area contributed by atoms with Crippen LogP contribution < -0.4 is 53.2 Å². The second-order valence-electron chi connectivity index (χ2n) is 26.8. The molecule has 86 heavy (non-hydrogen) atoms. The predicted octanol–water partition coefficient (Wildman–Crippen LogP) is 4.09. The zero-order chi connectivity index (χ0) is 61.8. The van der Waals surface area contributed by atoms with E-state index in [9.17, 15) is 34.3 Å². The van der Waals surface area contributed by atoms with Crippen LogP contribution in [-0.4, -0.2) is 186 Å². The van der Waals surface area contributed by atoms with E-state index in [2.05, 4.69) is 36.7 Å². The molecular formula is C66H138Cl3N6O10P. The van der Waals surface area contributed by atoms with E-state index in [1.165, 1.54) is 173 Å². The summed E-state index contributed by atoms with van der Waals surface area (Å²) in [5.74, 6) is 0.226. The van der Waals surface area contributed by atoms with E-state index in [4.69, 9.17) is 13.6 Å². The molecular weight excluding hydrogens is 1170 g/mol. The molecule has 16 nitrogen and oxygen atoms in total. The van der Waals surface area contributed by atoms with E-state index in [-0.39, 0.29) is 94.4 Å². The Bertz CT molecular complexity index is 1420. The summed E-state index contributed by atoms with van der Waals surface area (Å²) in [4.78, 5) is 37.6. The first kappa shape index (κ1) is 91.6. The van der Waals surface area contributed by atoms with Crippen molar-refractivity contribution in [3.05, 3.63) is 0 Å². The number of aliphatic hydroxyl groups is 3. The fraction of sp³-hybridized carbons (Fsp3) is 0.955. The molecule has 0 aromatic rings. The first-order valence-electron chi connectivity index (χ1n) is 34.5. The van der Waals surface area contributed by atoms with Crippen molar-refractivity contribution < 1.29 is 98.5 Å². The molecule has 0 heterocycles. The number of nitrogens with zero attached hydrogens (tertiary/aromatic N) is 3. The fourth-order valence-electron chi connectivity index (χ4n) is 11.1. The van der Waals surface area contributed by atoms with E-state index in [1.54, 1.807) is 0 Å². The van der Waals surface area contributed by atoms with Gasteiger partial charge in [0.25, 0.3) is 0 Å². The van der Waals surface area contributed by atoms with Gasteiger partial charge in [-0.25, -0.2) is 4.57 Å². The third kappa shape index (κ3) is 62.0. The van der Waals surface area contributed by atoms with Crippen molar-refractivity contribution in [2.45, 2.75) is 289 Å². The third-order valence-electron chi connectivity index (χ3n) is 16.2. The number of halogens is 3. The summed E-state index contributed by atoms with van der Waals surface area (Å²) in [5, 5.41) is 42.7. The SMILES string of the molecule is CCCCCCCCCCCCCC(=O)NCCC[N+](C)(C)CC(O)COP(=O)(OCC(O)C[N+](C)(C)CCCNC(=O)CCCCCCCCCCCCC)OCC(O)C[N+](C)(C)CCCNC(=O)CCCCCCCCCCCCC.[Cl-].[Cl-].[Cl-].